The third kappa shape index (κ3) is 7.46. The predicted octanol–water partition coefficient (Wildman–Crippen LogP) is 5.25. The smallest absolute Gasteiger partial charge is 0.408 e. The van der Waals surface area contributed by atoms with Crippen molar-refractivity contribution in [3.8, 4) is 11.1 Å². The fourth-order valence-electron chi connectivity index (χ4n) is 4.52. The molecule has 0 radical (unpaired) electrons. The van der Waals surface area contributed by atoms with Crippen LogP contribution < -0.4 is 10.6 Å². The standard InChI is InChI=1S/C29H40N2O6/c1-6-28(2,3)37-27(33)31-29(15-17-34-4,16-18-35-5)20-30-26(32)36-19-25-23-13-9-7-11-21(23)22-12-8-10-14-24(22)25/h7-14,25H,6,15-20H2,1-5H3,(H,30,32)(H,31,33). The van der Waals surface area contributed by atoms with Crippen LogP contribution >= 0.6 is 0 Å². The molecule has 0 unspecified atom stereocenters. The van der Waals surface area contributed by atoms with Crippen molar-refractivity contribution in [2.24, 2.45) is 0 Å². The SMILES string of the molecule is CCC(C)(C)OC(=O)NC(CCOC)(CCOC)CNC(=O)OCC1c2ccccc2-c2ccccc21. The molecule has 0 bridgehead atoms. The molecule has 8 nitrogen and oxygen atoms in total. The number of ether oxygens (including phenoxy) is 4. The van der Waals surface area contributed by atoms with Gasteiger partial charge < -0.3 is 29.6 Å². The topological polar surface area (TPSA) is 95.1 Å². The monoisotopic (exact) mass is 512 g/mol. The summed E-state index contributed by atoms with van der Waals surface area (Å²) < 4.78 is 21.9. The van der Waals surface area contributed by atoms with Crippen LogP contribution in [0.1, 0.15) is 57.1 Å². The Morgan fingerprint density at radius 1 is 0.865 bits per heavy atom. The molecule has 37 heavy (non-hydrogen) atoms. The van der Waals surface area contributed by atoms with E-state index in [1.54, 1.807) is 14.2 Å². The number of rotatable bonds is 13. The average Bonchev–Trinajstić information content (AvgIpc) is 3.21. The van der Waals surface area contributed by atoms with E-state index in [9.17, 15) is 9.59 Å². The van der Waals surface area contributed by atoms with Crippen molar-refractivity contribution in [1.29, 1.82) is 0 Å². The van der Waals surface area contributed by atoms with Crippen molar-refractivity contribution in [3.63, 3.8) is 0 Å². The number of amides is 2. The first-order chi connectivity index (χ1) is 17.7. The summed E-state index contributed by atoms with van der Waals surface area (Å²) in [4.78, 5) is 25.6. The Kier molecular flexibility index (Phi) is 9.94. The quantitative estimate of drug-likeness (QED) is 0.381. The minimum atomic E-state index is -0.835. The number of methoxy groups -OCH3 is 2. The normalized spacial score (nSPS) is 13.0. The van der Waals surface area contributed by atoms with E-state index in [1.807, 2.05) is 45.0 Å². The Labute approximate surface area is 220 Å². The van der Waals surface area contributed by atoms with E-state index >= 15 is 0 Å². The molecular formula is C29H40N2O6. The van der Waals surface area contributed by atoms with Crippen LogP contribution in [0.25, 0.3) is 11.1 Å². The summed E-state index contributed by atoms with van der Waals surface area (Å²) in [7, 11) is 3.19. The van der Waals surface area contributed by atoms with Gasteiger partial charge in [0, 0.05) is 39.9 Å². The highest BCUT2D eigenvalue weighted by Crippen LogP contribution is 2.44. The average molecular weight is 513 g/mol. The summed E-state index contributed by atoms with van der Waals surface area (Å²) in [5.41, 5.74) is 3.19. The minimum Gasteiger partial charge on any atom is -0.449 e. The number of hydrogen-bond donors (Lipinski definition) is 2. The van der Waals surface area contributed by atoms with Gasteiger partial charge in [-0.15, -0.1) is 0 Å². The summed E-state index contributed by atoms with van der Waals surface area (Å²) in [5, 5.41) is 5.83. The van der Waals surface area contributed by atoms with Gasteiger partial charge >= 0.3 is 12.2 Å². The zero-order valence-corrected chi connectivity index (χ0v) is 22.6. The van der Waals surface area contributed by atoms with E-state index in [4.69, 9.17) is 18.9 Å². The Bertz CT molecular complexity index is 1000. The number of benzene rings is 2. The number of nitrogens with one attached hydrogen (secondary N) is 2. The van der Waals surface area contributed by atoms with E-state index in [1.165, 1.54) is 11.1 Å². The van der Waals surface area contributed by atoms with Crippen molar-refractivity contribution in [2.75, 3.05) is 40.6 Å². The Morgan fingerprint density at radius 3 is 1.92 bits per heavy atom. The summed E-state index contributed by atoms with van der Waals surface area (Å²) in [6.07, 6.45) is 0.483. The second-order valence-electron chi connectivity index (χ2n) is 10.1. The third-order valence-corrected chi connectivity index (χ3v) is 7.07. The van der Waals surface area contributed by atoms with Gasteiger partial charge in [-0.05, 0) is 55.4 Å². The van der Waals surface area contributed by atoms with Crippen LogP contribution in [0.15, 0.2) is 48.5 Å². The fraction of sp³-hybridized carbons (Fsp3) is 0.517. The van der Waals surface area contributed by atoms with Gasteiger partial charge in [-0.25, -0.2) is 9.59 Å². The first kappa shape index (κ1) is 28.5. The molecule has 0 spiro atoms. The van der Waals surface area contributed by atoms with Crippen molar-refractivity contribution >= 4 is 12.2 Å². The van der Waals surface area contributed by atoms with Gasteiger partial charge in [-0.3, -0.25) is 0 Å². The van der Waals surface area contributed by atoms with Gasteiger partial charge in [0.1, 0.15) is 12.2 Å². The van der Waals surface area contributed by atoms with Crippen LogP contribution in [0, 0.1) is 0 Å². The molecule has 0 aromatic heterocycles. The molecule has 202 valence electrons. The lowest BCUT2D eigenvalue weighted by molar-refractivity contribution is 0.0246. The fourth-order valence-corrected chi connectivity index (χ4v) is 4.52. The molecule has 2 aromatic rings. The van der Waals surface area contributed by atoms with Gasteiger partial charge in [0.05, 0.1) is 5.54 Å². The molecule has 0 fully saturated rings. The number of alkyl carbamates (subject to hydrolysis) is 2. The van der Waals surface area contributed by atoms with Crippen molar-refractivity contribution in [3.05, 3.63) is 59.7 Å². The van der Waals surface area contributed by atoms with Crippen LogP contribution in [-0.2, 0) is 18.9 Å². The number of carbonyl (C=O) groups is 2. The summed E-state index contributed by atoms with van der Waals surface area (Å²) in [6.45, 7) is 6.78. The zero-order chi connectivity index (χ0) is 26.9. The first-order valence-corrected chi connectivity index (χ1v) is 12.8. The van der Waals surface area contributed by atoms with Crippen LogP contribution in [-0.4, -0.2) is 63.9 Å². The van der Waals surface area contributed by atoms with E-state index in [0.717, 1.165) is 11.1 Å². The predicted molar refractivity (Wildman–Crippen MR) is 143 cm³/mol. The Morgan fingerprint density at radius 2 is 1.41 bits per heavy atom. The molecule has 0 atom stereocenters. The first-order valence-electron chi connectivity index (χ1n) is 12.8. The van der Waals surface area contributed by atoms with Gasteiger partial charge in [0.25, 0.3) is 0 Å². The highest BCUT2D eigenvalue weighted by Gasteiger charge is 2.35. The number of hydrogen-bond acceptors (Lipinski definition) is 6. The van der Waals surface area contributed by atoms with Gasteiger partial charge in [0.2, 0.25) is 0 Å². The van der Waals surface area contributed by atoms with E-state index < -0.39 is 23.3 Å². The van der Waals surface area contributed by atoms with Crippen molar-refractivity contribution in [1.82, 2.24) is 10.6 Å². The third-order valence-electron chi connectivity index (χ3n) is 7.07. The summed E-state index contributed by atoms with van der Waals surface area (Å²) >= 11 is 0. The van der Waals surface area contributed by atoms with Gasteiger partial charge in [-0.1, -0.05) is 55.5 Å². The van der Waals surface area contributed by atoms with E-state index in [0.29, 0.717) is 32.5 Å². The molecule has 0 heterocycles. The lowest BCUT2D eigenvalue weighted by Gasteiger charge is -2.36. The second-order valence-corrected chi connectivity index (χ2v) is 10.1. The summed E-state index contributed by atoms with van der Waals surface area (Å²) in [5.74, 6) is -0.0331. The van der Waals surface area contributed by atoms with Crippen LogP contribution in [0.3, 0.4) is 0 Å². The molecule has 2 aromatic carbocycles. The number of fused-ring (bicyclic) bond motifs is 3. The van der Waals surface area contributed by atoms with Crippen molar-refractivity contribution < 1.29 is 28.5 Å². The molecule has 2 amide bonds. The van der Waals surface area contributed by atoms with Crippen LogP contribution in [0.5, 0.6) is 0 Å². The molecule has 0 saturated carbocycles. The van der Waals surface area contributed by atoms with Crippen LogP contribution in [0.4, 0.5) is 9.59 Å². The molecule has 8 heteroatoms. The lowest BCUT2D eigenvalue weighted by Crippen LogP contribution is -2.57. The van der Waals surface area contributed by atoms with Crippen LogP contribution in [0.2, 0.25) is 0 Å². The molecule has 0 aliphatic heterocycles. The maximum atomic E-state index is 12.8. The zero-order valence-electron chi connectivity index (χ0n) is 22.6. The molecule has 0 saturated heterocycles. The molecule has 2 N–H and O–H groups in total. The number of carbonyl (C=O) groups excluding carboxylic acids is 2. The lowest BCUT2D eigenvalue weighted by atomic mass is 9.91. The molecular weight excluding hydrogens is 472 g/mol. The maximum absolute atomic E-state index is 12.8. The second kappa shape index (κ2) is 12.9. The highest BCUT2D eigenvalue weighted by atomic mass is 16.6. The van der Waals surface area contributed by atoms with Crippen molar-refractivity contribution in [2.45, 2.75) is 57.1 Å². The summed E-state index contributed by atoms with van der Waals surface area (Å²) in [6, 6.07) is 16.4. The molecule has 1 aliphatic carbocycles. The molecule has 1 aliphatic rings. The Balaban J connectivity index is 1.67. The maximum Gasteiger partial charge on any atom is 0.408 e. The highest BCUT2D eigenvalue weighted by molar-refractivity contribution is 5.79. The van der Waals surface area contributed by atoms with Gasteiger partial charge in [0.15, 0.2) is 0 Å². The minimum absolute atomic E-state index is 0.0331. The largest absolute Gasteiger partial charge is 0.449 e. The van der Waals surface area contributed by atoms with E-state index in [2.05, 4.69) is 34.9 Å². The molecule has 3 rings (SSSR count). The Hall–Kier alpha value is -3.10. The van der Waals surface area contributed by atoms with E-state index in [-0.39, 0.29) is 19.1 Å². The van der Waals surface area contributed by atoms with Gasteiger partial charge in [-0.2, -0.15) is 0 Å².